The predicted octanol–water partition coefficient (Wildman–Crippen LogP) is 4.16. The van der Waals surface area contributed by atoms with Crippen LogP contribution in [0.1, 0.15) is 63.5 Å². The Hall–Kier alpha value is -0.590. The Kier molecular flexibility index (Phi) is 5.19. The topological polar surface area (TPSA) is 41.1 Å². The van der Waals surface area contributed by atoms with E-state index in [0.717, 1.165) is 37.8 Å². The lowest BCUT2D eigenvalue weighted by molar-refractivity contribution is 0.726. The molecule has 0 spiro atoms. The van der Waals surface area contributed by atoms with Crippen LogP contribution in [0.3, 0.4) is 0 Å². The maximum absolute atomic E-state index is 4.94. The molecular weight excluding hydrogens is 375 g/mol. The van der Waals surface area contributed by atoms with E-state index < -0.39 is 0 Å². The van der Waals surface area contributed by atoms with E-state index in [-0.39, 0.29) is 0 Å². The second kappa shape index (κ2) is 7.11. The lowest BCUT2D eigenvalue weighted by atomic mass is 10.2. The minimum atomic E-state index is 0.674. The highest BCUT2D eigenvalue weighted by molar-refractivity contribution is 14.1. The van der Waals surface area contributed by atoms with Gasteiger partial charge in [0.1, 0.15) is 5.82 Å². The first-order valence-electron chi connectivity index (χ1n) is 8.36. The summed E-state index contributed by atoms with van der Waals surface area (Å²) in [6, 6.07) is 0. The molecule has 21 heavy (non-hydrogen) atoms. The summed E-state index contributed by atoms with van der Waals surface area (Å²) in [6.07, 6.45) is 8.93. The fourth-order valence-corrected chi connectivity index (χ4v) is 3.72. The van der Waals surface area contributed by atoms with Gasteiger partial charge in [0.25, 0.3) is 0 Å². The van der Waals surface area contributed by atoms with Crippen molar-refractivity contribution in [1.29, 1.82) is 0 Å². The summed E-state index contributed by atoms with van der Waals surface area (Å²) >= 11 is 2.43. The molecule has 1 aliphatic carbocycles. The second-order valence-electron chi connectivity index (χ2n) is 6.17. The van der Waals surface area contributed by atoms with Crippen molar-refractivity contribution in [2.24, 2.45) is 0 Å². The number of nitrogens with one attached hydrogen (secondary N) is 1. The minimum absolute atomic E-state index is 0.674. The lowest BCUT2D eigenvalue weighted by Crippen LogP contribution is -2.27. The van der Waals surface area contributed by atoms with Crippen molar-refractivity contribution in [3.63, 3.8) is 0 Å². The van der Waals surface area contributed by atoms with Crippen LogP contribution in [0.4, 0.5) is 11.8 Å². The molecule has 1 aromatic heterocycles. The molecule has 2 heterocycles. The summed E-state index contributed by atoms with van der Waals surface area (Å²) in [4.78, 5) is 12.2. The number of halogens is 1. The van der Waals surface area contributed by atoms with E-state index in [1.807, 2.05) is 0 Å². The highest BCUT2D eigenvalue weighted by Gasteiger charge is 2.30. The van der Waals surface area contributed by atoms with Crippen LogP contribution >= 0.6 is 22.6 Å². The van der Waals surface area contributed by atoms with Gasteiger partial charge in [-0.05, 0) is 54.7 Å². The molecular formula is C16H25IN4. The average molecular weight is 400 g/mol. The van der Waals surface area contributed by atoms with Gasteiger partial charge in [-0.15, -0.1) is 0 Å². The van der Waals surface area contributed by atoms with Crippen molar-refractivity contribution >= 4 is 34.4 Å². The Morgan fingerprint density at radius 1 is 1.14 bits per heavy atom. The highest BCUT2D eigenvalue weighted by atomic mass is 127. The molecule has 3 rings (SSSR count). The molecule has 0 amide bonds. The zero-order valence-corrected chi connectivity index (χ0v) is 15.0. The Morgan fingerprint density at radius 3 is 2.48 bits per heavy atom. The molecule has 1 N–H and O–H groups in total. The van der Waals surface area contributed by atoms with Gasteiger partial charge in [-0.1, -0.05) is 19.8 Å². The van der Waals surface area contributed by atoms with Crippen molar-refractivity contribution in [3.8, 4) is 0 Å². The lowest BCUT2D eigenvalue weighted by Gasteiger charge is -2.22. The standard InChI is InChI=1S/C16H25IN4/c1-2-9-18-15-13(17)14(12-7-8-12)19-16(20-15)21-10-5-3-4-6-11-21/h12H,2-11H2,1H3,(H,18,19,20). The zero-order valence-electron chi connectivity index (χ0n) is 12.9. The van der Waals surface area contributed by atoms with Crippen molar-refractivity contribution in [3.05, 3.63) is 9.26 Å². The van der Waals surface area contributed by atoms with E-state index in [9.17, 15) is 0 Å². The molecule has 5 heteroatoms. The van der Waals surface area contributed by atoms with Gasteiger partial charge in [-0.2, -0.15) is 4.98 Å². The second-order valence-corrected chi connectivity index (χ2v) is 7.25. The molecule has 0 unspecified atom stereocenters. The Balaban J connectivity index is 1.89. The molecule has 116 valence electrons. The monoisotopic (exact) mass is 400 g/mol. The van der Waals surface area contributed by atoms with Crippen LogP contribution in [0.5, 0.6) is 0 Å². The van der Waals surface area contributed by atoms with Gasteiger partial charge in [-0.3, -0.25) is 0 Å². The molecule has 1 aromatic rings. The Morgan fingerprint density at radius 2 is 1.86 bits per heavy atom. The van der Waals surface area contributed by atoms with E-state index in [1.54, 1.807) is 0 Å². The molecule has 2 aliphatic rings. The molecule has 4 nitrogen and oxygen atoms in total. The zero-order chi connectivity index (χ0) is 14.7. The summed E-state index contributed by atoms with van der Waals surface area (Å²) in [6.45, 7) is 5.39. The Bertz CT molecular complexity index is 479. The smallest absolute Gasteiger partial charge is 0.227 e. The van der Waals surface area contributed by atoms with Crippen LogP contribution in [0.2, 0.25) is 0 Å². The average Bonchev–Trinajstić information content (AvgIpc) is 3.32. The summed E-state index contributed by atoms with van der Waals surface area (Å²) in [5.41, 5.74) is 1.28. The number of anilines is 2. The number of rotatable bonds is 5. The van der Waals surface area contributed by atoms with Gasteiger partial charge in [-0.25, -0.2) is 4.98 Å². The highest BCUT2D eigenvalue weighted by Crippen LogP contribution is 2.43. The van der Waals surface area contributed by atoms with E-state index in [2.05, 4.69) is 39.7 Å². The van der Waals surface area contributed by atoms with E-state index >= 15 is 0 Å². The van der Waals surface area contributed by atoms with Crippen LogP contribution in [-0.4, -0.2) is 29.6 Å². The van der Waals surface area contributed by atoms with Crippen molar-refractivity contribution < 1.29 is 0 Å². The molecule has 1 saturated carbocycles. The number of hydrogen-bond donors (Lipinski definition) is 1. The minimum Gasteiger partial charge on any atom is -0.369 e. The van der Waals surface area contributed by atoms with Crippen molar-refractivity contribution in [1.82, 2.24) is 9.97 Å². The summed E-state index contributed by atoms with van der Waals surface area (Å²) in [7, 11) is 0. The first-order chi connectivity index (χ1) is 10.3. The molecule has 1 aliphatic heterocycles. The largest absolute Gasteiger partial charge is 0.369 e. The fraction of sp³-hybridized carbons (Fsp3) is 0.750. The van der Waals surface area contributed by atoms with Gasteiger partial charge in [0.15, 0.2) is 0 Å². The first-order valence-corrected chi connectivity index (χ1v) is 9.43. The molecule has 1 saturated heterocycles. The van der Waals surface area contributed by atoms with Crippen LogP contribution in [0.15, 0.2) is 0 Å². The molecule has 0 bridgehead atoms. The Labute approximate surface area is 141 Å². The summed E-state index contributed by atoms with van der Waals surface area (Å²) in [5, 5.41) is 3.50. The number of nitrogens with zero attached hydrogens (tertiary/aromatic N) is 3. The summed E-state index contributed by atoms with van der Waals surface area (Å²) in [5.74, 6) is 2.68. The molecule has 0 aromatic carbocycles. The van der Waals surface area contributed by atoms with Gasteiger partial charge < -0.3 is 10.2 Å². The predicted molar refractivity (Wildman–Crippen MR) is 96.2 cm³/mol. The molecule has 0 atom stereocenters. The van der Waals surface area contributed by atoms with Crippen LogP contribution in [0, 0.1) is 3.57 Å². The van der Waals surface area contributed by atoms with E-state index in [4.69, 9.17) is 9.97 Å². The maximum atomic E-state index is 4.94. The van der Waals surface area contributed by atoms with Crippen molar-refractivity contribution in [2.75, 3.05) is 29.9 Å². The van der Waals surface area contributed by atoms with Gasteiger partial charge in [0.05, 0.1) is 9.26 Å². The quantitative estimate of drug-likeness (QED) is 0.754. The third kappa shape index (κ3) is 3.79. The van der Waals surface area contributed by atoms with Crippen LogP contribution in [0.25, 0.3) is 0 Å². The normalized spacial score (nSPS) is 19.4. The number of hydrogen-bond acceptors (Lipinski definition) is 4. The third-order valence-corrected chi connectivity index (χ3v) is 5.32. The first kappa shape index (κ1) is 15.3. The van der Waals surface area contributed by atoms with Crippen LogP contribution in [-0.2, 0) is 0 Å². The van der Waals surface area contributed by atoms with Gasteiger partial charge in [0.2, 0.25) is 5.95 Å². The third-order valence-electron chi connectivity index (χ3n) is 4.26. The van der Waals surface area contributed by atoms with Gasteiger partial charge >= 0.3 is 0 Å². The van der Waals surface area contributed by atoms with E-state index in [0.29, 0.717) is 5.92 Å². The fourth-order valence-electron chi connectivity index (χ4n) is 2.85. The molecule has 2 fully saturated rings. The SMILES string of the molecule is CCCNc1nc(N2CCCCCC2)nc(C2CC2)c1I. The number of aromatic nitrogens is 2. The van der Waals surface area contributed by atoms with Gasteiger partial charge in [0, 0.05) is 25.6 Å². The maximum Gasteiger partial charge on any atom is 0.227 e. The van der Waals surface area contributed by atoms with Crippen LogP contribution < -0.4 is 10.2 Å². The van der Waals surface area contributed by atoms with Crippen molar-refractivity contribution in [2.45, 2.75) is 57.8 Å². The van der Waals surface area contributed by atoms with E-state index in [1.165, 1.54) is 47.8 Å². The molecule has 0 radical (unpaired) electrons. The summed E-state index contributed by atoms with van der Waals surface area (Å²) < 4.78 is 1.24.